The molecule has 1 saturated carbocycles. The van der Waals surface area contributed by atoms with E-state index in [2.05, 4.69) is 20.9 Å². The van der Waals surface area contributed by atoms with Crippen molar-refractivity contribution in [2.24, 2.45) is 0 Å². The molecule has 8 heteroatoms. The van der Waals surface area contributed by atoms with E-state index in [0.717, 1.165) is 47.2 Å². The van der Waals surface area contributed by atoms with Crippen LogP contribution in [0.25, 0.3) is 10.9 Å². The predicted molar refractivity (Wildman–Crippen MR) is 133 cm³/mol. The molecule has 1 aliphatic carbocycles. The largest absolute Gasteiger partial charge is 0.497 e. The Bertz CT molecular complexity index is 1130. The summed E-state index contributed by atoms with van der Waals surface area (Å²) in [5.41, 5.74) is 1.87. The van der Waals surface area contributed by atoms with Gasteiger partial charge in [0, 0.05) is 29.3 Å². The number of rotatable bonds is 8. The zero-order chi connectivity index (χ0) is 24.0. The Morgan fingerprint density at radius 1 is 0.971 bits per heavy atom. The van der Waals surface area contributed by atoms with Crippen LogP contribution >= 0.6 is 0 Å². The van der Waals surface area contributed by atoms with Crippen LogP contribution in [0, 0.1) is 0 Å². The molecule has 0 saturated heterocycles. The van der Waals surface area contributed by atoms with Crippen LogP contribution in [0.1, 0.15) is 37.7 Å². The monoisotopic (exact) mass is 464 g/mol. The van der Waals surface area contributed by atoms with E-state index in [9.17, 15) is 9.59 Å². The van der Waals surface area contributed by atoms with Crippen LogP contribution in [-0.2, 0) is 11.2 Å². The maximum atomic E-state index is 13.2. The van der Waals surface area contributed by atoms with Crippen molar-refractivity contribution in [2.45, 2.75) is 44.1 Å². The molecule has 34 heavy (non-hydrogen) atoms. The molecule has 1 fully saturated rings. The lowest BCUT2D eigenvalue weighted by molar-refractivity contribution is -0.123. The zero-order valence-electron chi connectivity index (χ0n) is 19.7. The van der Waals surface area contributed by atoms with Crippen molar-refractivity contribution < 1.29 is 19.1 Å². The van der Waals surface area contributed by atoms with Gasteiger partial charge in [-0.2, -0.15) is 0 Å². The number of fused-ring (bicyclic) bond motifs is 1. The van der Waals surface area contributed by atoms with E-state index < -0.39 is 5.54 Å². The number of carbonyl (C=O) groups is 2. The van der Waals surface area contributed by atoms with Crippen LogP contribution in [0.5, 0.6) is 11.5 Å². The molecule has 3 amide bonds. The summed E-state index contributed by atoms with van der Waals surface area (Å²) in [7, 11) is 3.24. The Hall–Kier alpha value is -3.68. The van der Waals surface area contributed by atoms with Crippen molar-refractivity contribution in [1.29, 1.82) is 0 Å². The number of urea groups is 1. The van der Waals surface area contributed by atoms with Gasteiger partial charge in [-0.05, 0) is 67.3 Å². The molecule has 0 aliphatic heterocycles. The van der Waals surface area contributed by atoms with Gasteiger partial charge in [-0.1, -0.05) is 19.3 Å². The molecule has 0 radical (unpaired) electrons. The number of anilines is 1. The van der Waals surface area contributed by atoms with Crippen molar-refractivity contribution in [3.8, 4) is 11.5 Å². The topological polar surface area (TPSA) is 104 Å². The fourth-order valence-electron chi connectivity index (χ4n) is 4.55. The molecule has 0 bridgehead atoms. The molecule has 2 aromatic carbocycles. The Labute approximate surface area is 199 Å². The van der Waals surface area contributed by atoms with E-state index in [1.165, 1.54) is 0 Å². The Morgan fingerprint density at radius 3 is 2.38 bits per heavy atom. The SMILES string of the molecule is COc1ccc(NC(=O)C2(NC(=O)NCCc3c[nH]c4ccc(OC)cc34)CCCCC2)cc1. The summed E-state index contributed by atoms with van der Waals surface area (Å²) < 4.78 is 10.5. The summed E-state index contributed by atoms with van der Waals surface area (Å²) in [5.74, 6) is 1.33. The smallest absolute Gasteiger partial charge is 0.315 e. The third kappa shape index (κ3) is 5.27. The quantitative estimate of drug-likeness (QED) is 0.397. The average Bonchev–Trinajstić information content (AvgIpc) is 3.27. The van der Waals surface area contributed by atoms with E-state index in [1.54, 1.807) is 38.5 Å². The van der Waals surface area contributed by atoms with E-state index in [0.29, 0.717) is 31.5 Å². The highest BCUT2D eigenvalue weighted by molar-refractivity contribution is 6.00. The second kappa shape index (κ2) is 10.5. The molecule has 1 aliphatic rings. The summed E-state index contributed by atoms with van der Waals surface area (Å²) >= 11 is 0. The molecular formula is C26H32N4O4. The predicted octanol–water partition coefficient (Wildman–Crippen LogP) is 4.37. The van der Waals surface area contributed by atoms with Gasteiger partial charge in [0.2, 0.25) is 5.91 Å². The number of aromatic nitrogens is 1. The molecule has 4 rings (SSSR count). The summed E-state index contributed by atoms with van der Waals surface area (Å²) in [4.78, 5) is 29.3. The van der Waals surface area contributed by atoms with Gasteiger partial charge in [0.1, 0.15) is 17.0 Å². The van der Waals surface area contributed by atoms with Gasteiger partial charge < -0.3 is 30.4 Å². The molecule has 8 nitrogen and oxygen atoms in total. The third-order valence-corrected chi connectivity index (χ3v) is 6.50. The van der Waals surface area contributed by atoms with Gasteiger partial charge in [-0.15, -0.1) is 0 Å². The van der Waals surface area contributed by atoms with Crippen LogP contribution in [0.4, 0.5) is 10.5 Å². The minimum atomic E-state index is -0.920. The Morgan fingerprint density at radius 2 is 1.68 bits per heavy atom. The first-order valence-electron chi connectivity index (χ1n) is 11.7. The number of carbonyl (C=O) groups excluding carboxylic acids is 2. The molecule has 0 unspecified atom stereocenters. The van der Waals surface area contributed by atoms with Crippen LogP contribution in [0.2, 0.25) is 0 Å². The van der Waals surface area contributed by atoms with E-state index >= 15 is 0 Å². The molecule has 1 heterocycles. The molecule has 0 spiro atoms. The van der Waals surface area contributed by atoms with Gasteiger partial charge in [0.15, 0.2) is 0 Å². The molecule has 0 atom stereocenters. The van der Waals surface area contributed by atoms with Crippen molar-refractivity contribution in [2.75, 3.05) is 26.1 Å². The molecule has 4 N–H and O–H groups in total. The number of amides is 3. The minimum absolute atomic E-state index is 0.184. The first kappa shape index (κ1) is 23.5. The van der Waals surface area contributed by atoms with E-state index in [-0.39, 0.29) is 11.9 Å². The van der Waals surface area contributed by atoms with Crippen LogP contribution in [0.3, 0.4) is 0 Å². The van der Waals surface area contributed by atoms with Gasteiger partial charge in [0.25, 0.3) is 0 Å². The highest BCUT2D eigenvalue weighted by Gasteiger charge is 2.41. The van der Waals surface area contributed by atoms with Gasteiger partial charge >= 0.3 is 6.03 Å². The number of hydrogen-bond donors (Lipinski definition) is 4. The lowest BCUT2D eigenvalue weighted by atomic mass is 9.81. The summed E-state index contributed by atoms with van der Waals surface area (Å²) in [6, 6.07) is 12.7. The lowest BCUT2D eigenvalue weighted by Gasteiger charge is -2.36. The maximum absolute atomic E-state index is 13.2. The van der Waals surface area contributed by atoms with Gasteiger partial charge in [-0.3, -0.25) is 4.79 Å². The molecule has 3 aromatic rings. The molecule has 1 aromatic heterocycles. The number of aromatic amines is 1. The first-order valence-corrected chi connectivity index (χ1v) is 11.7. The van der Waals surface area contributed by atoms with Crippen LogP contribution in [-0.4, -0.2) is 43.2 Å². The summed E-state index contributed by atoms with van der Waals surface area (Å²) in [6.45, 7) is 0.451. The number of hydrogen-bond acceptors (Lipinski definition) is 4. The minimum Gasteiger partial charge on any atom is -0.497 e. The molecular weight excluding hydrogens is 432 g/mol. The zero-order valence-corrected chi connectivity index (χ0v) is 19.7. The highest BCUT2D eigenvalue weighted by Crippen LogP contribution is 2.30. The fourth-order valence-corrected chi connectivity index (χ4v) is 4.55. The highest BCUT2D eigenvalue weighted by atomic mass is 16.5. The summed E-state index contributed by atoms with van der Waals surface area (Å²) in [5, 5.41) is 9.96. The van der Waals surface area contributed by atoms with Gasteiger partial charge in [-0.25, -0.2) is 4.79 Å². The second-order valence-electron chi connectivity index (χ2n) is 8.68. The van der Waals surface area contributed by atoms with Crippen LogP contribution in [0.15, 0.2) is 48.7 Å². The van der Waals surface area contributed by atoms with Crippen molar-refractivity contribution >= 4 is 28.5 Å². The number of methoxy groups -OCH3 is 2. The van der Waals surface area contributed by atoms with Gasteiger partial charge in [0.05, 0.1) is 14.2 Å². The summed E-state index contributed by atoms with van der Waals surface area (Å²) in [6.07, 6.45) is 6.70. The number of benzene rings is 2. The van der Waals surface area contributed by atoms with Crippen molar-refractivity contribution in [3.63, 3.8) is 0 Å². The second-order valence-corrected chi connectivity index (χ2v) is 8.68. The standard InChI is InChI=1S/C26H32N4O4/c1-33-20-8-6-19(7-9-20)29-24(31)26(13-4-3-5-14-26)30-25(32)27-15-12-18-17-28-23-11-10-21(34-2)16-22(18)23/h6-11,16-17,28H,3-5,12-15H2,1-2H3,(H,29,31)(H2,27,30,32). The van der Waals surface area contributed by atoms with E-state index in [1.807, 2.05) is 24.4 Å². The third-order valence-electron chi connectivity index (χ3n) is 6.50. The molecule has 180 valence electrons. The van der Waals surface area contributed by atoms with Crippen molar-refractivity contribution in [3.05, 3.63) is 54.2 Å². The fraction of sp³-hybridized carbons (Fsp3) is 0.385. The Balaban J connectivity index is 1.37. The number of ether oxygens (including phenoxy) is 2. The van der Waals surface area contributed by atoms with Crippen LogP contribution < -0.4 is 25.4 Å². The lowest BCUT2D eigenvalue weighted by Crippen LogP contribution is -2.60. The number of H-pyrrole nitrogens is 1. The maximum Gasteiger partial charge on any atom is 0.315 e. The Kier molecular flexibility index (Phi) is 7.25. The normalized spacial score (nSPS) is 14.9. The average molecular weight is 465 g/mol. The number of nitrogens with one attached hydrogen (secondary N) is 4. The van der Waals surface area contributed by atoms with E-state index in [4.69, 9.17) is 9.47 Å². The van der Waals surface area contributed by atoms with Crippen molar-refractivity contribution in [1.82, 2.24) is 15.6 Å². The first-order chi connectivity index (χ1) is 16.5.